The number of imidazole rings is 1. The molecule has 3 heterocycles. The first kappa shape index (κ1) is 18.3. The fourth-order valence-electron chi connectivity index (χ4n) is 3.78. The first-order chi connectivity index (χ1) is 13.7. The van der Waals surface area contributed by atoms with Crippen LogP contribution >= 0.6 is 0 Å². The quantitative estimate of drug-likeness (QED) is 0.561. The number of guanidine groups is 1. The van der Waals surface area contributed by atoms with E-state index in [1.54, 1.807) is 0 Å². The number of hydrogen-bond donors (Lipinski definition) is 1. The highest BCUT2D eigenvalue weighted by Gasteiger charge is 2.28. The molecule has 1 aliphatic rings. The maximum Gasteiger partial charge on any atom is 0.193 e. The van der Waals surface area contributed by atoms with Gasteiger partial charge in [-0.1, -0.05) is 25.1 Å². The highest BCUT2D eigenvalue weighted by molar-refractivity contribution is 5.80. The number of rotatable bonds is 4. The van der Waals surface area contributed by atoms with Gasteiger partial charge in [-0.15, -0.1) is 0 Å². The van der Waals surface area contributed by atoms with Crippen LogP contribution in [0, 0.1) is 5.92 Å². The van der Waals surface area contributed by atoms with E-state index in [1.807, 2.05) is 60.8 Å². The van der Waals surface area contributed by atoms with Crippen LogP contribution in [0.5, 0.6) is 0 Å². The molecule has 0 spiro atoms. The van der Waals surface area contributed by atoms with Gasteiger partial charge in [0, 0.05) is 50.8 Å². The van der Waals surface area contributed by atoms with Gasteiger partial charge in [-0.3, -0.25) is 4.99 Å². The summed E-state index contributed by atoms with van der Waals surface area (Å²) in [5.41, 5.74) is 2.19. The summed E-state index contributed by atoms with van der Waals surface area (Å²) in [7, 11) is 1.85. The highest BCUT2D eigenvalue weighted by Crippen LogP contribution is 2.27. The van der Waals surface area contributed by atoms with Crippen LogP contribution < -0.4 is 5.32 Å². The molecule has 1 aliphatic heterocycles. The monoisotopic (exact) mass is 377 g/mol. The molecule has 0 aliphatic carbocycles. The summed E-state index contributed by atoms with van der Waals surface area (Å²) in [4.78, 5) is 11.1. The van der Waals surface area contributed by atoms with Crippen molar-refractivity contribution in [2.24, 2.45) is 10.9 Å². The third-order valence-electron chi connectivity index (χ3n) is 5.45. The topological polar surface area (TPSA) is 63.3 Å². The summed E-state index contributed by atoms with van der Waals surface area (Å²) in [5, 5.41) is 7.97. The Morgan fingerprint density at radius 1 is 1.29 bits per heavy atom. The van der Waals surface area contributed by atoms with E-state index in [0.717, 1.165) is 36.7 Å². The Hall–Kier alpha value is -3.09. The van der Waals surface area contributed by atoms with E-state index in [9.17, 15) is 0 Å². The Bertz CT molecular complexity index is 898. The van der Waals surface area contributed by atoms with Crippen LogP contribution in [0.2, 0.25) is 0 Å². The number of aliphatic imine (C=N–C) groups is 1. The Labute approximate surface area is 165 Å². The molecule has 4 rings (SSSR count). The van der Waals surface area contributed by atoms with E-state index in [1.165, 1.54) is 0 Å². The van der Waals surface area contributed by atoms with Gasteiger partial charge in [0.05, 0.1) is 24.3 Å². The first-order valence-electron chi connectivity index (χ1n) is 9.76. The second-order valence-corrected chi connectivity index (χ2v) is 7.32. The van der Waals surface area contributed by atoms with E-state index in [4.69, 9.17) is 0 Å². The third kappa shape index (κ3) is 3.93. The molecule has 2 aromatic heterocycles. The smallest absolute Gasteiger partial charge is 0.193 e. The van der Waals surface area contributed by atoms with Gasteiger partial charge in [-0.05, 0) is 24.5 Å². The number of hydrogen-bond acceptors (Lipinski definition) is 3. The molecule has 7 nitrogen and oxygen atoms in total. The molecule has 28 heavy (non-hydrogen) atoms. The van der Waals surface area contributed by atoms with Crippen molar-refractivity contribution >= 4 is 5.96 Å². The van der Waals surface area contributed by atoms with Crippen molar-refractivity contribution in [3.05, 3.63) is 67.0 Å². The fourth-order valence-corrected chi connectivity index (χ4v) is 3.78. The van der Waals surface area contributed by atoms with Crippen molar-refractivity contribution in [1.82, 2.24) is 29.5 Å². The predicted molar refractivity (Wildman–Crippen MR) is 110 cm³/mol. The van der Waals surface area contributed by atoms with Gasteiger partial charge < -0.3 is 14.8 Å². The number of aromatic nitrogens is 4. The normalized spacial score (nSPS) is 20.4. The van der Waals surface area contributed by atoms with Gasteiger partial charge >= 0.3 is 0 Å². The maximum absolute atomic E-state index is 4.51. The van der Waals surface area contributed by atoms with Gasteiger partial charge in [0.25, 0.3) is 0 Å². The third-order valence-corrected chi connectivity index (χ3v) is 5.45. The van der Waals surface area contributed by atoms with Gasteiger partial charge in [-0.25, -0.2) is 9.67 Å². The zero-order chi connectivity index (χ0) is 19.3. The van der Waals surface area contributed by atoms with Gasteiger partial charge in [-0.2, -0.15) is 5.10 Å². The molecule has 2 atom stereocenters. The number of nitrogens with one attached hydrogen (secondary N) is 1. The lowest BCUT2D eigenvalue weighted by Crippen LogP contribution is -2.48. The molecule has 1 N–H and O–H groups in total. The summed E-state index contributed by atoms with van der Waals surface area (Å²) < 4.78 is 4.12. The highest BCUT2D eigenvalue weighted by atomic mass is 15.3. The number of nitrogens with zero attached hydrogens (tertiary/aromatic N) is 6. The largest absolute Gasteiger partial charge is 0.352 e. The van der Waals surface area contributed by atoms with Gasteiger partial charge in [0.2, 0.25) is 0 Å². The van der Waals surface area contributed by atoms with Crippen molar-refractivity contribution in [3.63, 3.8) is 0 Å². The van der Waals surface area contributed by atoms with E-state index in [-0.39, 0.29) is 0 Å². The molecule has 0 amide bonds. The number of piperidine rings is 1. The van der Waals surface area contributed by atoms with Gasteiger partial charge in [0.15, 0.2) is 5.96 Å². The van der Waals surface area contributed by atoms with Crippen LogP contribution in [0.4, 0.5) is 0 Å². The standard InChI is InChI=1S/C21H27N7/c1-17-8-10-26(15-20(17)27-11-9-23-16-27)21(22-2)24-12-18-13-25-28(14-18)19-6-4-3-5-7-19/h3-7,9,11,13-14,16-17,20H,8,10,12,15H2,1-2H3,(H,22,24). The zero-order valence-electron chi connectivity index (χ0n) is 16.4. The molecule has 1 saturated heterocycles. The molecular weight excluding hydrogens is 350 g/mol. The van der Waals surface area contributed by atoms with Crippen LogP contribution in [-0.2, 0) is 6.54 Å². The Kier molecular flexibility index (Phi) is 5.41. The summed E-state index contributed by atoms with van der Waals surface area (Å²) in [5.74, 6) is 1.55. The molecule has 1 aromatic carbocycles. The number of benzene rings is 1. The van der Waals surface area contributed by atoms with E-state index in [2.05, 4.69) is 49.2 Å². The van der Waals surface area contributed by atoms with Crippen molar-refractivity contribution < 1.29 is 0 Å². The molecule has 146 valence electrons. The minimum absolute atomic E-state index is 0.413. The molecule has 0 bridgehead atoms. The van der Waals surface area contributed by atoms with Crippen molar-refractivity contribution in [2.75, 3.05) is 20.1 Å². The summed E-state index contributed by atoms with van der Waals surface area (Å²) in [6, 6.07) is 10.6. The zero-order valence-corrected chi connectivity index (χ0v) is 16.4. The van der Waals surface area contributed by atoms with E-state index < -0.39 is 0 Å². The average Bonchev–Trinajstić information content (AvgIpc) is 3.42. The lowest BCUT2D eigenvalue weighted by atomic mass is 9.93. The molecule has 0 saturated carbocycles. The Morgan fingerprint density at radius 3 is 2.89 bits per heavy atom. The molecule has 7 heteroatoms. The van der Waals surface area contributed by atoms with E-state index in [0.29, 0.717) is 18.5 Å². The fraction of sp³-hybridized carbons (Fsp3) is 0.381. The minimum Gasteiger partial charge on any atom is -0.352 e. The van der Waals surface area contributed by atoms with Crippen LogP contribution in [0.3, 0.4) is 0 Å². The predicted octanol–water partition coefficient (Wildman–Crippen LogP) is 2.73. The van der Waals surface area contributed by atoms with Crippen molar-refractivity contribution in [1.29, 1.82) is 0 Å². The van der Waals surface area contributed by atoms with Crippen LogP contribution in [0.25, 0.3) is 5.69 Å². The maximum atomic E-state index is 4.51. The van der Waals surface area contributed by atoms with Crippen LogP contribution in [0.15, 0.2) is 66.4 Å². The Balaban J connectivity index is 1.39. The SMILES string of the molecule is CN=C(NCc1cnn(-c2ccccc2)c1)N1CCC(C)C(n2ccnc2)C1. The molecule has 1 fully saturated rings. The molecular formula is C21H27N7. The van der Waals surface area contributed by atoms with Crippen molar-refractivity contribution in [3.8, 4) is 5.69 Å². The molecule has 3 aromatic rings. The first-order valence-corrected chi connectivity index (χ1v) is 9.76. The van der Waals surface area contributed by atoms with Crippen molar-refractivity contribution in [2.45, 2.75) is 25.9 Å². The lowest BCUT2D eigenvalue weighted by Gasteiger charge is -2.39. The minimum atomic E-state index is 0.413. The van der Waals surface area contributed by atoms with Crippen LogP contribution in [-0.4, -0.2) is 50.3 Å². The number of para-hydroxylation sites is 1. The average molecular weight is 377 g/mol. The second kappa shape index (κ2) is 8.29. The lowest BCUT2D eigenvalue weighted by molar-refractivity contribution is 0.189. The summed E-state index contributed by atoms with van der Waals surface area (Å²) in [6.07, 6.45) is 10.9. The summed E-state index contributed by atoms with van der Waals surface area (Å²) in [6.45, 7) is 4.95. The molecule has 0 radical (unpaired) electrons. The summed E-state index contributed by atoms with van der Waals surface area (Å²) >= 11 is 0. The number of likely N-dealkylation sites (tertiary alicyclic amines) is 1. The Morgan fingerprint density at radius 2 is 2.14 bits per heavy atom. The molecule has 2 unspecified atom stereocenters. The second-order valence-electron chi connectivity index (χ2n) is 7.32. The van der Waals surface area contributed by atoms with Gasteiger partial charge in [0.1, 0.15) is 0 Å². The van der Waals surface area contributed by atoms with Crippen LogP contribution in [0.1, 0.15) is 24.9 Å². The van der Waals surface area contributed by atoms with E-state index >= 15 is 0 Å².